The van der Waals surface area contributed by atoms with Gasteiger partial charge >= 0.3 is 5.97 Å². The summed E-state index contributed by atoms with van der Waals surface area (Å²) >= 11 is 5.76. The maximum absolute atomic E-state index is 11.9. The second-order valence-corrected chi connectivity index (χ2v) is 5.05. The van der Waals surface area contributed by atoms with E-state index in [1.54, 1.807) is 12.1 Å². The van der Waals surface area contributed by atoms with E-state index >= 15 is 0 Å². The highest BCUT2D eigenvalue weighted by Crippen LogP contribution is 2.23. The maximum atomic E-state index is 11.9. The van der Waals surface area contributed by atoms with Crippen LogP contribution in [-0.4, -0.2) is 20.6 Å². The number of halogens is 1. The van der Waals surface area contributed by atoms with Gasteiger partial charge in [-0.2, -0.15) is 10.1 Å². The highest BCUT2D eigenvalue weighted by molar-refractivity contribution is 6.29. The van der Waals surface area contributed by atoms with Gasteiger partial charge in [0.25, 0.3) is 0 Å². The molecule has 0 saturated carbocycles. The number of nitrogens with zero attached hydrogens (tertiary/aromatic N) is 3. The van der Waals surface area contributed by atoms with Gasteiger partial charge in [-0.3, -0.25) is 4.79 Å². The first-order valence-corrected chi connectivity index (χ1v) is 6.04. The van der Waals surface area contributed by atoms with Crippen LogP contribution in [0.5, 0.6) is 5.88 Å². The van der Waals surface area contributed by atoms with Gasteiger partial charge in [-0.25, -0.2) is 4.52 Å². The molecule has 2 rings (SSSR count). The summed E-state index contributed by atoms with van der Waals surface area (Å²) in [5, 5.41) is 4.37. The molecule has 2 heterocycles. The van der Waals surface area contributed by atoms with Gasteiger partial charge in [0.1, 0.15) is 5.15 Å². The van der Waals surface area contributed by atoms with Crippen molar-refractivity contribution in [3.8, 4) is 5.88 Å². The molecule has 0 radical (unpaired) electrons. The molecule has 0 saturated heterocycles. The Hall–Kier alpha value is -1.62. The molecule has 0 aliphatic heterocycles. The van der Waals surface area contributed by atoms with Crippen LogP contribution in [0.15, 0.2) is 18.3 Å². The summed E-state index contributed by atoms with van der Waals surface area (Å²) < 4.78 is 6.72. The number of rotatable bonds is 3. The van der Waals surface area contributed by atoms with E-state index in [-0.39, 0.29) is 11.8 Å². The number of hydrogen-bond acceptors (Lipinski definition) is 4. The Kier molecular flexibility index (Phi) is 3.26. The number of carbonyl (C=O) groups is 1. The van der Waals surface area contributed by atoms with Crippen LogP contribution in [0.2, 0.25) is 5.15 Å². The minimum Gasteiger partial charge on any atom is -0.405 e. The van der Waals surface area contributed by atoms with Crippen LogP contribution in [0, 0.1) is 5.41 Å². The van der Waals surface area contributed by atoms with E-state index < -0.39 is 5.41 Å². The Morgan fingerprint density at radius 1 is 1.50 bits per heavy atom. The molecular formula is C12H14ClN3O2. The molecule has 0 spiro atoms. The molecule has 0 aliphatic rings. The predicted molar refractivity (Wildman–Crippen MR) is 67.7 cm³/mol. The molecule has 0 amide bonds. The lowest BCUT2D eigenvalue weighted by Gasteiger charge is -2.18. The third-order valence-electron chi connectivity index (χ3n) is 2.90. The largest absolute Gasteiger partial charge is 0.405 e. The highest BCUT2D eigenvalue weighted by Gasteiger charge is 2.28. The molecule has 5 nitrogen and oxygen atoms in total. The zero-order valence-corrected chi connectivity index (χ0v) is 11.2. The van der Waals surface area contributed by atoms with Crippen molar-refractivity contribution in [2.24, 2.45) is 5.41 Å². The fourth-order valence-electron chi connectivity index (χ4n) is 1.26. The fraction of sp³-hybridized carbons (Fsp3) is 0.417. The number of esters is 1. The molecule has 96 valence electrons. The quantitative estimate of drug-likeness (QED) is 0.803. The Balaban J connectivity index is 2.25. The first kappa shape index (κ1) is 12.8. The summed E-state index contributed by atoms with van der Waals surface area (Å²) in [5.74, 6) is -0.0733. The van der Waals surface area contributed by atoms with Crippen molar-refractivity contribution < 1.29 is 9.53 Å². The van der Waals surface area contributed by atoms with Crippen molar-refractivity contribution >= 4 is 23.2 Å². The Labute approximate surface area is 110 Å². The minimum absolute atomic E-state index is 0.233. The van der Waals surface area contributed by atoms with Crippen molar-refractivity contribution in [1.29, 1.82) is 0 Å². The van der Waals surface area contributed by atoms with Gasteiger partial charge in [0.05, 0.1) is 11.6 Å². The second kappa shape index (κ2) is 4.57. The summed E-state index contributed by atoms with van der Waals surface area (Å²) in [6.45, 7) is 5.60. The smallest absolute Gasteiger partial charge is 0.318 e. The zero-order valence-electron chi connectivity index (χ0n) is 10.5. The van der Waals surface area contributed by atoms with E-state index in [9.17, 15) is 4.79 Å². The fourth-order valence-corrected chi connectivity index (χ4v) is 1.41. The van der Waals surface area contributed by atoms with Gasteiger partial charge in [0, 0.05) is 0 Å². The maximum Gasteiger partial charge on any atom is 0.318 e. The lowest BCUT2D eigenvalue weighted by atomic mass is 9.91. The van der Waals surface area contributed by atoms with Crippen molar-refractivity contribution in [3.05, 3.63) is 23.5 Å². The number of fused-ring (bicyclic) bond motifs is 1. The van der Waals surface area contributed by atoms with Crippen LogP contribution in [0.4, 0.5) is 0 Å². The third-order valence-corrected chi connectivity index (χ3v) is 3.10. The van der Waals surface area contributed by atoms with Gasteiger partial charge in [0.15, 0.2) is 5.65 Å². The molecule has 0 N–H and O–H groups in total. The summed E-state index contributed by atoms with van der Waals surface area (Å²) in [7, 11) is 0. The van der Waals surface area contributed by atoms with Gasteiger partial charge in [-0.1, -0.05) is 18.5 Å². The third kappa shape index (κ3) is 2.46. The molecule has 0 aliphatic carbocycles. The Bertz CT molecular complexity index is 592. The van der Waals surface area contributed by atoms with Gasteiger partial charge < -0.3 is 4.74 Å². The van der Waals surface area contributed by atoms with E-state index in [1.165, 1.54) is 10.7 Å². The first-order valence-electron chi connectivity index (χ1n) is 5.66. The normalized spacial score (nSPS) is 11.8. The van der Waals surface area contributed by atoms with Gasteiger partial charge in [0.2, 0.25) is 5.88 Å². The number of carbonyl (C=O) groups excluding carboxylic acids is 1. The van der Waals surface area contributed by atoms with Crippen LogP contribution in [0.25, 0.3) is 5.65 Å². The second-order valence-electron chi connectivity index (χ2n) is 4.66. The average Bonchev–Trinajstić information content (AvgIpc) is 2.70. The number of ether oxygens (including phenoxy) is 1. The van der Waals surface area contributed by atoms with E-state index in [2.05, 4.69) is 10.1 Å². The number of hydrogen-bond donors (Lipinski definition) is 0. The van der Waals surface area contributed by atoms with Crippen LogP contribution in [0.1, 0.15) is 27.2 Å². The summed E-state index contributed by atoms with van der Waals surface area (Å²) in [6.07, 6.45) is 2.23. The molecule has 2 aromatic rings. The number of aromatic nitrogens is 3. The summed E-state index contributed by atoms with van der Waals surface area (Å²) in [6, 6.07) is 3.34. The summed E-state index contributed by atoms with van der Waals surface area (Å²) in [5.41, 5.74) is 0.0532. The molecular weight excluding hydrogens is 254 g/mol. The predicted octanol–water partition coefficient (Wildman–Crippen LogP) is 2.72. The molecule has 0 unspecified atom stereocenters. The monoisotopic (exact) mass is 267 g/mol. The Morgan fingerprint density at radius 3 is 2.89 bits per heavy atom. The lowest BCUT2D eigenvalue weighted by molar-refractivity contribution is -0.144. The first-order chi connectivity index (χ1) is 8.42. The molecule has 0 atom stereocenters. The van der Waals surface area contributed by atoms with Crippen molar-refractivity contribution in [1.82, 2.24) is 14.6 Å². The van der Waals surface area contributed by atoms with Crippen LogP contribution >= 0.6 is 11.6 Å². The van der Waals surface area contributed by atoms with E-state index in [0.29, 0.717) is 17.2 Å². The summed E-state index contributed by atoms with van der Waals surface area (Å²) in [4.78, 5) is 16.0. The van der Waals surface area contributed by atoms with Gasteiger partial charge in [-0.05, 0) is 32.4 Å². The average molecular weight is 268 g/mol. The molecule has 18 heavy (non-hydrogen) atoms. The van der Waals surface area contributed by atoms with Crippen LogP contribution in [-0.2, 0) is 4.79 Å². The zero-order chi connectivity index (χ0) is 13.3. The lowest BCUT2D eigenvalue weighted by Crippen LogP contribution is -2.28. The molecule has 0 fully saturated rings. The van der Waals surface area contributed by atoms with Gasteiger partial charge in [-0.15, -0.1) is 0 Å². The van der Waals surface area contributed by atoms with Crippen LogP contribution < -0.4 is 4.74 Å². The SMILES string of the molecule is CCC(C)(C)C(=O)Oc1cn2nc(Cl)ccc2n1. The molecule has 2 aromatic heterocycles. The van der Waals surface area contributed by atoms with Crippen LogP contribution in [0.3, 0.4) is 0 Å². The topological polar surface area (TPSA) is 56.5 Å². The highest BCUT2D eigenvalue weighted by atomic mass is 35.5. The van der Waals surface area contributed by atoms with E-state index in [4.69, 9.17) is 16.3 Å². The van der Waals surface area contributed by atoms with E-state index in [0.717, 1.165) is 0 Å². The van der Waals surface area contributed by atoms with E-state index in [1.807, 2.05) is 20.8 Å². The molecule has 6 heteroatoms. The van der Waals surface area contributed by atoms with Crippen molar-refractivity contribution in [2.45, 2.75) is 27.2 Å². The Morgan fingerprint density at radius 2 is 2.22 bits per heavy atom. The van der Waals surface area contributed by atoms with Crippen molar-refractivity contribution in [3.63, 3.8) is 0 Å². The van der Waals surface area contributed by atoms with Crippen molar-refractivity contribution in [2.75, 3.05) is 0 Å². The minimum atomic E-state index is -0.527. The number of imidazole rings is 1. The molecule has 0 bridgehead atoms. The molecule has 0 aromatic carbocycles. The standard InChI is InChI=1S/C12H14ClN3O2/c1-4-12(2,3)11(17)18-10-7-16-9(14-10)6-5-8(13)15-16/h5-7H,4H2,1-3H3.